The van der Waals surface area contributed by atoms with Crippen molar-refractivity contribution in [3.63, 3.8) is 0 Å². The van der Waals surface area contributed by atoms with Crippen LogP contribution in [-0.2, 0) is 9.59 Å². The lowest BCUT2D eigenvalue weighted by Gasteiger charge is -2.16. The van der Waals surface area contributed by atoms with Gasteiger partial charge in [0.15, 0.2) is 0 Å². The van der Waals surface area contributed by atoms with E-state index in [2.05, 4.69) is 41.9 Å². The highest BCUT2D eigenvalue weighted by molar-refractivity contribution is 7.99. The summed E-state index contributed by atoms with van der Waals surface area (Å²) < 4.78 is 5.79. The Bertz CT molecular complexity index is 962. The number of fused-ring (bicyclic) bond motifs is 1. The van der Waals surface area contributed by atoms with Crippen LogP contribution in [0.3, 0.4) is 0 Å². The zero-order valence-electron chi connectivity index (χ0n) is 16.3. The molecule has 3 aromatic rings. The Hall–Kier alpha value is -2.62. The number of carbonyl (C=O) groups is 2. The first-order valence-electron chi connectivity index (χ1n) is 8.58. The van der Waals surface area contributed by atoms with E-state index in [1.807, 2.05) is 18.2 Å². The minimum Gasteiger partial charge on any atom is -0.495 e. The van der Waals surface area contributed by atoms with Crippen LogP contribution in [0.5, 0.6) is 5.75 Å². The normalized spacial score (nSPS) is 10.5. The molecule has 0 saturated heterocycles. The fourth-order valence-electron chi connectivity index (χ4n) is 2.46. The van der Waals surface area contributed by atoms with Crippen molar-refractivity contribution in [1.82, 2.24) is 9.88 Å². The number of hydrogen-bond acceptors (Lipinski definition) is 7. The lowest BCUT2D eigenvalue weighted by molar-refractivity contribution is -0.159. The van der Waals surface area contributed by atoms with Crippen LogP contribution < -0.4 is 4.74 Å². The number of carboxylic acid groups (broad SMARTS) is 2. The number of para-hydroxylation sites is 1. The Labute approximate surface area is 176 Å². The van der Waals surface area contributed by atoms with Gasteiger partial charge in [-0.05, 0) is 48.6 Å². The smallest absolute Gasteiger partial charge is 0.414 e. The minimum absolute atomic E-state index is 0.918. The number of benzene rings is 1. The van der Waals surface area contributed by atoms with Crippen LogP contribution in [-0.4, -0.2) is 65.5 Å². The number of aromatic nitrogens is 1. The summed E-state index contributed by atoms with van der Waals surface area (Å²) in [5.41, 5.74) is 3.27. The highest BCUT2D eigenvalue weighted by Crippen LogP contribution is 2.42. The third-order valence-corrected chi connectivity index (χ3v) is 5.42. The Balaban J connectivity index is 0.000000438. The van der Waals surface area contributed by atoms with Gasteiger partial charge in [0.05, 0.1) is 18.2 Å². The highest BCUT2D eigenvalue weighted by Gasteiger charge is 2.18. The molecule has 2 aromatic heterocycles. The van der Waals surface area contributed by atoms with Crippen LogP contribution in [0.2, 0.25) is 0 Å². The summed E-state index contributed by atoms with van der Waals surface area (Å²) in [5, 5.41) is 21.1. The summed E-state index contributed by atoms with van der Waals surface area (Å²) in [5.74, 6) is -1.73. The summed E-state index contributed by atoms with van der Waals surface area (Å²) >= 11 is 3.49. The van der Waals surface area contributed by atoms with Crippen molar-refractivity contribution >= 4 is 45.9 Å². The standard InChI is InChI=1S/C18H20N2OS2.C2H2O4/c1-20(2)9-11-23-18-16(13-8-10-22-12-13)17(21-3)14-6-4-5-7-15(14)19-18;3-1(4)2(5)6/h4-8,10,12H,9,11H2,1-3H3;(H,3,4)(H,5,6). The summed E-state index contributed by atoms with van der Waals surface area (Å²) in [6, 6.07) is 10.3. The van der Waals surface area contributed by atoms with E-state index in [-0.39, 0.29) is 0 Å². The van der Waals surface area contributed by atoms with E-state index < -0.39 is 11.9 Å². The quantitative estimate of drug-likeness (QED) is 0.447. The van der Waals surface area contributed by atoms with Gasteiger partial charge in [-0.25, -0.2) is 14.6 Å². The molecule has 0 aliphatic carbocycles. The number of aliphatic carboxylic acids is 2. The van der Waals surface area contributed by atoms with Gasteiger partial charge >= 0.3 is 11.9 Å². The molecule has 2 N–H and O–H groups in total. The molecule has 0 bridgehead atoms. The van der Waals surface area contributed by atoms with Gasteiger partial charge in [-0.15, -0.1) is 11.8 Å². The molecule has 1 aromatic carbocycles. The predicted octanol–water partition coefficient (Wildman–Crippen LogP) is 3.78. The van der Waals surface area contributed by atoms with Crippen molar-refractivity contribution in [3.05, 3.63) is 41.1 Å². The summed E-state index contributed by atoms with van der Waals surface area (Å²) in [7, 11) is 5.93. The predicted molar refractivity (Wildman–Crippen MR) is 116 cm³/mol. The molecule has 9 heteroatoms. The van der Waals surface area contributed by atoms with Crippen LogP contribution >= 0.6 is 23.1 Å². The van der Waals surface area contributed by atoms with Crippen LogP contribution in [0, 0.1) is 0 Å². The Morgan fingerprint density at radius 1 is 1.17 bits per heavy atom. The van der Waals surface area contributed by atoms with Crippen molar-refractivity contribution in [3.8, 4) is 16.9 Å². The van der Waals surface area contributed by atoms with Crippen molar-refractivity contribution in [2.75, 3.05) is 33.5 Å². The summed E-state index contributed by atoms with van der Waals surface area (Å²) in [4.78, 5) is 25.3. The second kappa shape index (κ2) is 10.8. The molecule has 0 amide bonds. The van der Waals surface area contributed by atoms with E-state index in [0.717, 1.165) is 39.5 Å². The van der Waals surface area contributed by atoms with Crippen molar-refractivity contribution in [2.45, 2.75) is 5.03 Å². The molecule has 154 valence electrons. The zero-order chi connectivity index (χ0) is 21.4. The lowest BCUT2D eigenvalue weighted by atomic mass is 10.1. The SMILES string of the molecule is COc1c(-c2ccsc2)c(SCCN(C)C)nc2ccccc12.O=C(O)C(=O)O. The van der Waals surface area contributed by atoms with Gasteiger partial charge in [0.2, 0.25) is 0 Å². The molecule has 2 heterocycles. The highest BCUT2D eigenvalue weighted by atomic mass is 32.2. The molecular formula is C20H22N2O5S2. The van der Waals surface area contributed by atoms with Crippen LogP contribution in [0.25, 0.3) is 22.0 Å². The Morgan fingerprint density at radius 3 is 2.41 bits per heavy atom. The second-order valence-electron chi connectivity index (χ2n) is 6.12. The number of thiophene rings is 1. The molecule has 7 nitrogen and oxygen atoms in total. The number of rotatable bonds is 6. The number of pyridine rings is 1. The Morgan fingerprint density at radius 2 is 1.86 bits per heavy atom. The van der Waals surface area contributed by atoms with Gasteiger partial charge in [-0.2, -0.15) is 11.3 Å². The summed E-state index contributed by atoms with van der Waals surface area (Å²) in [6.45, 7) is 1.02. The molecule has 0 aliphatic rings. The Kier molecular flexibility index (Phi) is 8.44. The topological polar surface area (TPSA) is 100.0 Å². The molecule has 0 saturated carbocycles. The number of ether oxygens (including phenoxy) is 1. The van der Waals surface area contributed by atoms with Crippen LogP contribution in [0.15, 0.2) is 46.1 Å². The van der Waals surface area contributed by atoms with E-state index in [0.29, 0.717) is 0 Å². The molecule has 0 radical (unpaired) electrons. The van der Waals surface area contributed by atoms with Crippen LogP contribution in [0.1, 0.15) is 0 Å². The van der Waals surface area contributed by atoms with Gasteiger partial charge in [-0.1, -0.05) is 12.1 Å². The number of methoxy groups -OCH3 is 1. The first kappa shape index (κ1) is 22.7. The van der Waals surface area contributed by atoms with Crippen molar-refractivity contribution in [1.29, 1.82) is 0 Å². The fraction of sp³-hybridized carbons (Fsp3) is 0.250. The molecule has 0 atom stereocenters. The average molecular weight is 435 g/mol. The van der Waals surface area contributed by atoms with E-state index in [4.69, 9.17) is 29.5 Å². The minimum atomic E-state index is -1.82. The third-order valence-electron chi connectivity index (χ3n) is 3.79. The number of thioether (sulfide) groups is 1. The van der Waals surface area contributed by atoms with Crippen LogP contribution in [0.4, 0.5) is 0 Å². The largest absolute Gasteiger partial charge is 0.495 e. The van der Waals surface area contributed by atoms with E-state index in [1.165, 1.54) is 5.56 Å². The van der Waals surface area contributed by atoms with E-state index in [9.17, 15) is 0 Å². The molecular weight excluding hydrogens is 412 g/mol. The van der Waals surface area contributed by atoms with Crippen molar-refractivity contribution < 1.29 is 24.5 Å². The molecule has 0 aliphatic heterocycles. The van der Waals surface area contributed by atoms with Gasteiger partial charge in [0, 0.05) is 17.7 Å². The second-order valence-corrected chi connectivity index (χ2v) is 7.98. The summed E-state index contributed by atoms with van der Waals surface area (Å²) in [6.07, 6.45) is 0. The third kappa shape index (κ3) is 6.18. The molecule has 3 rings (SSSR count). The molecule has 0 fully saturated rings. The average Bonchev–Trinajstić information content (AvgIpc) is 3.21. The van der Waals surface area contributed by atoms with Gasteiger partial charge < -0.3 is 19.8 Å². The van der Waals surface area contributed by atoms with Gasteiger partial charge in [-0.3, -0.25) is 0 Å². The maximum absolute atomic E-state index is 9.10. The van der Waals surface area contributed by atoms with E-state index in [1.54, 1.807) is 30.2 Å². The van der Waals surface area contributed by atoms with Crippen molar-refractivity contribution in [2.24, 2.45) is 0 Å². The molecule has 0 spiro atoms. The first-order valence-corrected chi connectivity index (χ1v) is 10.5. The lowest BCUT2D eigenvalue weighted by Crippen LogP contribution is -2.14. The number of nitrogens with zero attached hydrogens (tertiary/aromatic N) is 2. The number of hydrogen-bond donors (Lipinski definition) is 2. The molecule has 29 heavy (non-hydrogen) atoms. The fourth-order valence-corrected chi connectivity index (χ4v) is 4.28. The van der Waals surface area contributed by atoms with E-state index >= 15 is 0 Å². The molecule has 0 unspecified atom stereocenters. The van der Waals surface area contributed by atoms with Gasteiger partial charge in [0.1, 0.15) is 10.8 Å². The zero-order valence-corrected chi connectivity index (χ0v) is 17.9. The maximum atomic E-state index is 9.10. The van der Waals surface area contributed by atoms with Gasteiger partial charge in [0.25, 0.3) is 0 Å². The monoisotopic (exact) mass is 434 g/mol. The number of carboxylic acids is 2. The maximum Gasteiger partial charge on any atom is 0.414 e. The first-order chi connectivity index (χ1) is 13.8.